The smallest absolute Gasteiger partial charge is 0.237 e. The Bertz CT molecular complexity index is 1070. The van der Waals surface area contributed by atoms with Gasteiger partial charge in [-0.25, -0.2) is 0 Å². The van der Waals surface area contributed by atoms with Gasteiger partial charge in [0.25, 0.3) is 0 Å². The predicted molar refractivity (Wildman–Crippen MR) is 102 cm³/mol. The molecule has 7 heteroatoms. The molecule has 3 aromatic heterocycles. The molecule has 26 heavy (non-hydrogen) atoms. The molecule has 0 spiro atoms. The van der Waals surface area contributed by atoms with Gasteiger partial charge >= 0.3 is 0 Å². The van der Waals surface area contributed by atoms with Crippen LogP contribution in [0, 0.1) is 6.92 Å². The van der Waals surface area contributed by atoms with E-state index in [0.29, 0.717) is 19.1 Å². The summed E-state index contributed by atoms with van der Waals surface area (Å²) >= 11 is 1.67. The van der Waals surface area contributed by atoms with Crippen LogP contribution < -0.4 is 5.43 Å². The van der Waals surface area contributed by atoms with E-state index in [1.165, 1.54) is 19.3 Å². The van der Waals surface area contributed by atoms with Crippen LogP contribution in [-0.2, 0) is 17.8 Å². The molecule has 4 heterocycles. The van der Waals surface area contributed by atoms with Gasteiger partial charge in [0.1, 0.15) is 16.2 Å². The summed E-state index contributed by atoms with van der Waals surface area (Å²) in [6.07, 6.45) is 6.61. The second-order valence-electron chi connectivity index (χ2n) is 8.26. The van der Waals surface area contributed by atoms with Crippen molar-refractivity contribution in [3.63, 3.8) is 0 Å². The molecule has 0 amide bonds. The third kappa shape index (κ3) is 2.29. The number of aromatic nitrogens is 4. The lowest BCUT2D eigenvalue weighted by Crippen LogP contribution is -2.35. The zero-order valence-electron chi connectivity index (χ0n) is 15.5. The van der Waals surface area contributed by atoms with E-state index in [2.05, 4.69) is 33.0 Å². The van der Waals surface area contributed by atoms with Gasteiger partial charge in [-0.15, -0.1) is 21.5 Å². The molecule has 0 bridgehead atoms. The highest BCUT2D eigenvalue weighted by atomic mass is 32.1. The van der Waals surface area contributed by atoms with Crippen molar-refractivity contribution in [2.45, 2.75) is 77.5 Å². The summed E-state index contributed by atoms with van der Waals surface area (Å²) in [6, 6.07) is 0.346. The quantitative estimate of drug-likeness (QED) is 0.652. The minimum Gasteiger partial charge on any atom is -0.370 e. The van der Waals surface area contributed by atoms with Gasteiger partial charge in [-0.1, -0.05) is 19.3 Å². The SMILES string of the molecule is Cc1nnc2n(C3CCCCC3)c3c(=O)c4c(sc3n12)COC(C)(C)C4. The van der Waals surface area contributed by atoms with Crippen LogP contribution >= 0.6 is 11.3 Å². The van der Waals surface area contributed by atoms with Gasteiger partial charge in [-0.05, 0) is 33.6 Å². The monoisotopic (exact) mass is 372 g/mol. The fourth-order valence-corrected chi connectivity index (χ4v) is 5.75. The van der Waals surface area contributed by atoms with E-state index in [4.69, 9.17) is 4.74 Å². The number of ether oxygens (including phenoxy) is 1. The summed E-state index contributed by atoms with van der Waals surface area (Å²) in [5.74, 6) is 1.66. The second-order valence-corrected chi connectivity index (χ2v) is 9.34. The molecular formula is C19H24N4O2S. The lowest BCUT2D eigenvalue weighted by molar-refractivity contribution is -0.0386. The summed E-state index contributed by atoms with van der Waals surface area (Å²) in [5, 5.41) is 8.73. The number of aryl methyl sites for hydroxylation is 1. The standard InChI is InChI=1S/C19H24N4O2S/c1-11-20-21-18-22(11)17-15(23(18)12-7-5-4-6-8-12)16(24)13-9-19(2,3)25-10-14(13)26-17/h12H,4-10H2,1-3H3. The molecule has 6 nitrogen and oxygen atoms in total. The van der Waals surface area contributed by atoms with E-state index >= 15 is 0 Å². The minimum atomic E-state index is -0.285. The molecule has 0 aromatic carbocycles. The summed E-state index contributed by atoms with van der Waals surface area (Å²) in [5.41, 5.74) is 1.64. The van der Waals surface area contributed by atoms with Gasteiger partial charge in [0.05, 0.1) is 12.2 Å². The molecule has 2 aliphatic rings. The van der Waals surface area contributed by atoms with Crippen molar-refractivity contribution in [1.29, 1.82) is 0 Å². The number of hydrogen-bond acceptors (Lipinski definition) is 5. The van der Waals surface area contributed by atoms with Crippen molar-refractivity contribution < 1.29 is 4.74 Å². The number of fused-ring (bicyclic) bond motifs is 4. The lowest BCUT2D eigenvalue weighted by atomic mass is 9.94. The van der Waals surface area contributed by atoms with E-state index < -0.39 is 0 Å². The molecule has 5 rings (SSSR count). The molecule has 0 unspecified atom stereocenters. The first-order valence-corrected chi connectivity index (χ1v) is 10.3. The average molecular weight is 372 g/mol. The first-order chi connectivity index (χ1) is 12.5. The predicted octanol–water partition coefficient (Wildman–Crippen LogP) is 3.77. The highest BCUT2D eigenvalue weighted by molar-refractivity contribution is 7.18. The maximum Gasteiger partial charge on any atom is 0.237 e. The number of hydrogen-bond donors (Lipinski definition) is 0. The molecule has 0 saturated heterocycles. The molecule has 1 aliphatic heterocycles. The number of nitrogens with zero attached hydrogens (tertiary/aromatic N) is 4. The Hall–Kier alpha value is -1.73. The van der Waals surface area contributed by atoms with Gasteiger partial charge in [-0.3, -0.25) is 9.20 Å². The lowest BCUT2D eigenvalue weighted by Gasteiger charge is -2.31. The van der Waals surface area contributed by atoms with Crippen molar-refractivity contribution in [2.24, 2.45) is 0 Å². The first-order valence-electron chi connectivity index (χ1n) is 9.51. The van der Waals surface area contributed by atoms with Crippen molar-refractivity contribution in [3.8, 4) is 0 Å². The first kappa shape index (κ1) is 16.4. The van der Waals surface area contributed by atoms with Gasteiger partial charge in [0, 0.05) is 22.9 Å². The van der Waals surface area contributed by atoms with Crippen molar-refractivity contribution >= 4 is 27.5 Å². The Kier molecular flexibility index (Phi) is 3.56. The van der Waals surface area contributed by atoms with Crippen LogP contribution in [0.3, 0.4) is 0 Å². The zero-order chi connectivity index (χ0) is 18.1. The molecule has 0 radical (unpaired) electrons. The molecule has 1 saturated carbocycles. The summed E-state index contributed by atoms with van der Waals surface area (Å²) < 4.78 is 10.2. The largest absolute Gasteiger partial charge is 0.370 e. The zero-order valence-corrected chi connectivity index (χ0v) is 16.4. The molecular weight excluding hydrogens is 348 g/mol. The second kappa shape index (κ2) is 5.63. The van der Waals surface area contributed by atoms with Crippen LogP contribution in [0.1, 0.15) is 68.3 Å². The van der Waals surface area contributed by atoms with Crippen LogP contribution in [0.25, 0.3) is 16.1 Å². The van der Waals surface area contributed by atoms with Gasteiger partial charge < -0.3 is 9.30 Å². The third-order valence-electron chi connectivity index (χ3n) is 5.85. The molecule has 1 aliphatic carbocycles. The van der Waals surface area contributed by atoms with E-state index in [9.17, 15) is 4.79 Å². The van der Waals surface area contributed by atoms with Crippen molar-refractivity contribution in [1.82, 2.24) is 19.2 Å². The van der Waals surface area contributed by atoms with E-state index in [-0.39, 0.29) is 11.0 Å². The summed E-state index contributed by atoms with van der Waals surface area (Å²) in [6.45, 7) is 6.59. The highest BCUT2D eigenvalue weighted by Crippen LogP contribution is 2.37. The topological polar surface area (TPSA) is 61.4 Å². The fraction of sp³-hybridized carbons (Fsp3) is 0.632. The van der Waals surface area contributed by atoms with E-state index in [0.717, 1.165) is 45.2 Å². The Morgan fingerprint density at radius 1 is 1.19 bits per heavy atom. The van der Waals surface area contributed by atoms with Crippen LogP contribution in [0.2, 0.25) is 0 Å². The minimum absolute atomic E-state index is 0.167. The molecule has 1 fully saturated rings. The highest BCUT2D eigenvalue weighted by Gasteiger charge is 2.32. The Morgan fingerprint density at radius 3 is 2.73 bits per heavy atom. The van der Waals surface area contributed by atoms with Crippen LogP contribution in [0.15, 0.2) is 4.79 Å². The number of imidazole rings is 1. The van der Waals surface area contributed by atoms with Crippen LogP contribution in [0.5, 0.6) is 0 Å². The molecule has 3 aromatic rings. The van der Waals surface area contributed by atoms with Crippen molar-refractivity contribution in [2.75, 3.05) is 0 Å². The van der Waals surface area contributed by atoms with Crippen LogP contribution in [0.4, 0.5) is 0 Å². The average Bonchev–Trinajstić information content (AvgIpc) is 3.15. The number of rotatable bonds is 1. The maximum absolute atomic E-state index is 13.6. The third-order valence-corrected chi connectivity index (χ3v) is 7.03. The summed E-state index contributed by atoms with van der Waals surface area (Å²) in [4.78, 5) is 15.6. The Balaban J connectivity index is 1.85. The normalized spacial score (nSPS) is 20.7. The van der Waals surface area contributed by atoms with Crippen molar-refractivity contribution in [3.05, 3.63) is 26.5 Å². The van der Waals surface area contributed by atoms with E-state index in [1.54, 1.807) is 11.3 Å². The fourth-order valence-electron chi connectivity index (χ4n) is 4.52. The van der Waals surface area contributed by atoms with Crippen LogP contribution in [-0.4, -0.2) is 24.8 Å². The van der Waals surface area contributed by atoms with E-state index in [1.807, 2.05) is 6.92 Å². The molecule has 0 atom stereocenters. The van der Waals surface area contributed by atoms with Gasteiger partial charge in [-0.2, -0.15) is 0 Å². The van der Waals surface area contributed by atoms with Gasteiger partial charge in [0.15, 0.2) is 0 Å². The maximum atomic E-state index is 13.6. The Labute approximate surface area is 155 Å². The molecule has 0 N–H and O–H groups in total. The summed E-state index contributed by atoms with van der Waals surface area (Å²) in [7, 11) is 0. The Morgan fingerprint density at radius 2 is 1.96 bits per heavy atom. The molecule has 138 valence electrons. The van der Waals surface area contributed by atoms with Gasteiger partial charge in [0.2, 0.25) is 11.2 Å².